The van der Waals surface area contributed by atoms with Crippen LogP contribution in [0.15, 0.2) is 36.7 Å². The highest BCUT2D eigenvalue weighted by molar-refractivity contribution is 6.32. The first-order chi connectivity index (χ1) is 14.3. The molecule has 0 unspecified atom stereocenters. The quantitative estimate of drug-likeness (QED) is 0.391. The van der Waals surface area contributed by atoms with Crippen LogP contribution in [0.3, 0.4) is 0 Å². The normalized spacial score (nSPS) is 10.4. The fourth-order valence-electron chi connectivity index (χ4n) is 2.83. The Morgan fingerprint density at radius 3 is 2.23 bits per heavy atom. The van der Waals surface area contributed by atoms with Crippen LogP contribution in [0.2, 0.25) is 5.02 Å². The van der Waals surface area contributed by atoms with Crippen LogP contribution >= 0.6 is 11.6 Å². The number of nitro groups is 1. The van der Waals surface area contributed by atoms with Crippen LogP contribution in [0.4, 0.5) is 28.7 Å². The Morgan fingerprint density at radius 2 is 1.63 bits per heavy atom. The summed E-state index contributed by atoms with van der Waals surface area (Å²) in [4.78, 5) is 19.4. The maximum atomic E-state index is 11.9. The lowest BCUT2D eigenvalue weighted by Crippen LogP contribution is -2.07. The van der Waals surface area contributed by atoms with Gasteiger partial charge in [-0.15, -0.1) is 0 Å². The predicted molar refractivity (Wildman–Crippen MR) is 116 cm³/mol. The van der Waals surface area contributed by atoms with E-state index >= 15 is 0 Å². The molecule has 0 atom stereocenters. The summed E-state index contributed by atoms with van der Waals surface area (Å²) in [6.45, 7) is 3.88. The monoisotopic (exact) mass is 429 g/mol. The molecule has 0 saturated heterocycles. The molecule has 1 aromatic heterocycles. The number of anilines is 4. The molecule has 0 aliphatic carbocycles. The molecule has 0 fully saturated rings. The highest BCUT2D eigenvalue weighted by atomic mass is 35.5. The lowest BCUT2D eigenvalue weighted by Gasteiger charge is -2.15. The van der Waals surface area contributed by atoms with Crippen LogP contribution in [0.5, 0.6) is 11.5 Å². The van der Waals surface area contributed by atoms with Gasteiger partial charge in [0.25, 0.3) is 0 Å². The Morgan fingerprint density at radius 1 is 1.00 bits per heavy atom. The van der Waals surface area contributed by atoms with Gasteiger partial charge in [-0.05, 0) is 37.1 Å². The lowest BCUT2D eigenvalue weighted by molar-refractivity contribution is -0.383. The Labute approximate surface area is 178 Å². The molecule has 0 spiro atoms. The number of aromatic nitrogens is 2. The van der Waals surface area contributed by atoms with E-state index in [1.165, 1.54) is 20.5 Å². The number of nitrogens with one attached hydrogen (secondary N) is 2. The van der Waals surface area contributed by atoms with Gasteiger partial charge in [0.15, 0.2) is 0 Å². The predicted octanol–water partition coefficient (Wildman–Crippen LogP) is 5.16. The van der Waals surface area contributed by atoms with Gasteiger partial charge in [0.05, 0.1) is 29.9 Å². The van der Waals surface area contributed by atoms with Crippen molar-refractivity contribution < 1.29 is 14.4 Å². The van der Waals surface area contributed by atoms with Crippen LogP contribution in [0, 0.1) is 24.0 Å². The van der Waals surface area contributed by atoms with E-state index in [2.05, 4.69) is 20.6 Å². The van der Waals surface area contributed by atoms with Crippen molar-refractivity contribution in [3.63, 3.8) is 0 Å². The van der Waals surface area contributed by atoms with Crippen molar-refractivity contribution in [2.75, 3.05) is 24.9 Å². The molecule has 30 heavy (non-hydrogen) atoms. The molecule has 0 amide bonds. The summed E-state index contributed by atoms with van der Waals surface area (Å²) >= 11 is 6.20. The number of nitrogens with zero attached hydrogens (tertiary/aromatic N) is 3. The SMILES string of the molecule is COc1cc(OC)c(Nc2ncnc(Nc3cccc(C)c3C)c2[N+](=O)[O-])cc1Cl. The number of aryl methyl sites for hydroxylation is 1. The summed E-state index contributed by atoms with van der Waals surface area (Å²) < 4.78 is 10.5. The van der Waals surface area contributed by atoms with E-state index in [4.69, 9.17) is 21.1 Å². The number of methoxy groups -OCH3 is 2. The molecule has 2 aromatic carbocycles. The van der Waals surface area contributed by atoms with E-state index in [1.807, 2.05) is 32.0 Å². The van der Waals surface area contributed by atoms with E-state index in [0.29, 0.717) is 27.9 Å². The number of hydrogen-bond acceptors (Lipinski definition) is 8. The van der Waals surface area contributed by atoms with Gasteiger partial charge in [-0.3, -0.25) is 10.1 Å². The van der Waals surface area contributed by atoms with E-state index in [1.54, 1.807) is 12.1 Å². The maximum absolute atomic E-state index is 11.9. The summed E-state index contributed by atoms with van der Waals surface area (Å²) in [5, 5.41) is 18.1. The van der Waals surface area contributed by atoms with E-state index in [0.717, 1.165) is 11.1 Å². The second kappa shape index (κ2) is 8.83. The van der Waals surface area contributed by atoms with Crippen molar-refractivity contribution in [1.82, 2.24) is 9.97 Å². The first kappa shape index (κ1) is 21.1. The highest BCUT2D eigenvalue weighted by Crippen LogP contribution is 2.40. The van der Waals surface area contributed by atoms with Crippen LogP contribution in [0.25, 0.3) is 0 Å². The van der Waals surface area contributed by atoms with E-state index < -0.39 is 4.92 Å². The molecule has 0 saturated carbocycles. The first-order valence-corrected chi connectivity index (χ1v) is 9.24. The Bertz CT molecular complexity index is 1110. The van der Waals surface area contributed by atoms with Gasteiger partial charge in [0.2, 0.25) is 11.6 Å². The summed E-state index contributed by atoms with van der Waals surface area (Å²) in [5.41, 5.74) is 2.80. The molecular weight excluding hydrogens is 410 g/mol. The third-order valence-corrected chi connectivity index (χ3v) is 4.88. The first-order valence-electron chi connectivity index (χ1n) is 8.86. The summed E-state index contributed by atoms with van der Waals surface area (Å²) in [6, 6.07) is 8.77. The number of rotatable bonds is 7. The number of benzene rings is 2. The fraction of sp³-hybridized carbons (Fsp3) is 0.200. The van der Waals surface area contributed by atoms with Crippen molar-refractivity contribution in [3.05, 3.63) is 62.9 Å². The molecule has 0 bridgehead atoms. The molecule has 156 valence electrons. The third-order valence-electron chi connectivity index (χ3n) is 4.59. The van der Waals surface area contributed by atoms with Crippen molar-refractivity contribution in [1.29, 1.82) is 0 Å². The zero-order valence-electron chi connectivity index (χ0n) is 16.8. The third kappa shape index (κ3) is 4.20. The van der Waals surface area contributed by atoms with Crippen LogP contribution in [-0.4, -0.2) is 29.1 Å². The van der Waals surface area contributed by atoms with Gasteiger partial charge in [0, 0.05) is 11.8 Å². The molecule has 2 N–H and O–H groups in total. The van der Waals surface area contributed by atoms with Crippen LogP contribution in [0.1, 0.15) is 11.1 Å². The average Bonchev–Trinajstić information content (AvgIpc) is 2.71. The highest BCUT2D eigenvalue weighted by Gasteiger charge is 2.25. The minimum atomic E-state index is -0.548. The number of halogens is 1. The zero-order valence-corrected chi connectivity index (χ0v) is 17.6. The molecule has 0 aliphatic heterocycles. The van der Waals surface area contributed by atoms with Gasteiger partial charge in [-0.2, -0.15) is 0 Å². The van der Waals surface area contributed by atoms with Gasteiger partial charge in [-0.1, -0.05) is 23.7 Å². The number of hydrogen-bond donors (Lipinski definition) is 2. The van der Waals surface area contributed by atoms with Crippen LogP contribution < -0.4 is 20.1 Å². The maximum Gasteiger partial charge on any atom is 0.353 e. The zero-order chi connectivity index (χ0) is 21.8. The Balaban J connectivity index is 2.05. The van der Waals surface area contributed by atoms with E-state index in [-0.39, 0.29) is 17.3 Å². The second-order valence-electron chi connectivity index (χ2n) is 6.36. The minimum absolute atomic E-state index is 0.0117. The van der Waals surface area contributed by atoms with Gasteiger partial charge >= 0.3 is 5.69 Å². The average molecular weight is 430 g/mol. The van der Waals surface area contributed by atoms with Gasteiger partial charge in [-0.25, -0.2) is 9.97 Å². The van der Waals surface area contributed by atoms with Crippen molar-refractivity contribution in [2.24, 2.45) is 0 Å². The largest absolute Gasteiger partial charge is 0.495 e. The van der Waals surface area contributed by atoms with Crippen LogP contribution in [-0.2, 0) is 0 Å². The summed E-state index contributed by atoms with van der Waals surface area (Å²) in [6.07, 6.45) is 1.24. The molecule has 3 aromatic rings. The Hall–Kier alpha value is -3.59. The minimum Gasteiger partial charge on any atom is -0.495 e. The summed E-state index contributed by atoms with van der Waals surface area (Å²) in [7, 11) is 2.95. The molecule has 0 radical (unpaired) electrons. The smallest absolute Gasteiger partial charge is 0.353 e. The standard InChI is InChI=1S/C20H20ClN5O4/c1-11-6-5-7-14(12(11)2)24-19-18(26(27)28)20(23-10-22-19)25-15-8-13(21)16(29-3)9-17(15)30-4/h5-10H,1-4H3,(H2,22,23,24,25). The molecule has 9 nitrogen and oxygen atoms in total. The fourth-order valence-corrected chi connectivity index (χ4v) is 3.07. The Kier molecular flexibility index (Phi) is 6.22. The molecular formula is C20H20ClN5O4. The van der Waals surface area contributed by atoms with Crippen molar-refractivity contribution in [3.8, 4) is 11.5 Å². The lowest BCUT2D eigenvalue weighted by atomic mass is 10.1. The van der Waals surface area contributed by atoms with Crippen molar-refractivity contribution in [2.45, 2.75) is 13.8 Å². The molecule has 1 heterocycles. The van der Waals surface area contributed by atoms with Gasteiger partial charge < -0.3 is 20.1 Å². The topological polar surface area (TPSA) is 111 Å². The molecule has 0 aliphatic rings. The molecule has 10 heteroatoms. The number of ether oxygens (including phenoxy) is 2. The van der Waals surface area contributed by atoms with E-state index in [9.17, 15) is 10.1 Å². The van der Waals surface area contributed by atoms with Gasteiger partial charge in [0.1, 0.15) is 17.8 Å². The summed E-state index contributed by atoms with van der Waals surface area (Å²) in [5.74, 6) is 0.842. The second-order valence-corrected chi connectivity index (χ2v) is 6.77. The molecule has 3 rings (SSSR count). The van der Waals surface area contributed by atoms with Crippen molar-refractivity contribution >= 4 is 40.3 Å².